The molecule has 0 saturated heterocycles. The van der Waals surface area contributed by atoms with Gasteiger partial charge in [0.2, 0.25) is 6.79 Å². The van der Waals surface area contributed by atoms with Gasteiger partial charge in [-0.25, -0.2) is 0 Å². The molecule has 0 unspecified atom stereocenters. The summed E-state index contributed by atoms with van der Waals surface area (Å²) < 4.78 is 13.0. The second-order valence-electron chi connectivity index (χ2n) is 6.59. The van der Waals surface area contributed by atoms with Gasteiger partial charge in [-0.15, -0.1) is 10.2 Å². The molecule has 5 rings (SSSR count). The molecule has 0 fully saturated rings. The van der Waals surface area contributed by atoms with Crippen LogP contribution in [0, 0.1) is 0 Å². The molecule has 0 bridgehead atoms. The first-order valence-corrected chi connectivity index (χ1v) is 10.2. The van der Waals surface area contributed by atoms with E-state index >= 15 is 0 Å². The third-order valence-corrected chi connectivity index (χ3v) is 5.68. The number of nitrogens with zero attached hydrogens (tertiary/aromatic N) is 4. The predicted octanol–water partition coefficient (Wildman–Crippen LogP) is 4.41. The molecule has 1 aliphatic heterocycles. The summed E-state index contributed by atoms with van der Waals surface area (Å²) in [5.41, 5.74) is 3.35. The van der Waals surface area contributed by atoms with Crippen LogP contribution in [0.4, 0.5) is 0 Å². The molecule has 6 nitrogen and oxygen atoms in total. The number of ether oxygens (including phenoxy) is 2. The molecule has 2 aromatic carbocycles. The highest BCUT2D eigenvalue weighted by Gasteiger charge is 2.17. The van der Waals surface area contributed by atoms with Crippen molar-refractivity contribution < 1.29 is 9.47 Å². The molecule has 3 heterocycles. The van der Waals surface area contributed by atoms with Crippen molar-refractivity contribution in [3.05, 3.63) is 84.2 Å². The van der Waals surface area contributed by atoms with Crippen molar-refractivity contribution in [3.63, 3.8) is 0 Å². The summed E-state index contributed by atoms with van der Waals surface area (Å²) >= 11 is 1.66. The Bertz CT molecular complexity index is 1120. The van der Waals surface area contributed by atoms with Gasteiger partial charge in [-0.1, -0.05) is 48.2 Å². The number of hydrogen-bond acceptors (Lipinski definition) is 6. The summed E-state index contributed by atoms with van der Waals surface area (Å²) in [6, 6.07) is 20.3. The molecule has 0 atom stereocenters. The van der Waals surface area contributed by atoms with Crippen LogP contribution in [0.5, 0.6) is 11.5 Å². The topological polar surface area (TPSA) is 62.1 Å². The van der Waals surface area contributed by atoms with Crippen LogP contribution in [0.3, 0.4) is 0 Å². The molecular formula is C22H18N4O2S. The van der Waals surface area contributed by atoms with Crippen molar-refractivity contribution in [2.75, 3.05) is 6.79 Å². The van der Waals surface area contributed by atoms with Crippen LogP contribution in [-0.2, 0) is 12.3 Å². The zero-order valence-electron chi connectivity index (χ0n) is 15.6. The van der Waals surface area contributed by atoms with Gasteiger partial charge in [0.1, 0.15) is 0 Å². The van der Waals surface area contributed by atoms with Crippen LogP contribution in [-0.4, -0.2) is 26.5 Å². The van der Waals surface area contributed by atoms with Gasteiger partial charge in [0.15, 0.2) is 22.5 Å². The molecule has 1 aliphatic rings. The first-order valence-electron chi connectivity index (χ1n) is 9.26. The van der Waals surface area contributed by atoms with Crippen molar-refractivity contribution in [3.8, 4) is 22.9 Å². The second-order valence-corrected chi connectivity index (χ2v) is 7.53. The van der Waals surface area contributed by atoms with Gasteiger partial charge < -0.3 is 9.47 Å². The van der Waals surface area contributed by atoms with Crippen LogP contribution >= 0.6 is 11.8 Å². The normalized spacial score (nSPS) is 12.3. The van der Waals surface area contributed by atoms with E-state index in [-0.39, 0.29) is 6.79 Å². The summed E-state index contributed by atoms with van der Waals surface area (Å²) in [6.45, 7) is 0.988. The van der Waals surface area contributed by atoms with Crippen LogP contribution in [0.15, 0.2) is 78.2 Å². The predicted molar refractivity (Wildman–Crippen MR) is 111 cm³/mol. The van der Waals surface area contributed by atoms with Gasteiger partial charge >= 0.3 is 0 Å². The highest BCUT2D eigenvalue weighted by molar-refractivity contribution is 7.98. The minimum absolute atomic E-state index is 0.284. The largest absolute Gasteiger partial charge is 0.454 e. The standard InChI is InChI=1S/C22H18N4O2S/c1-2-4-16(5-3-1)13-26-21(18-8-10-23-11-9-18)24-25-22(26)29-14-17-6-7-19-20(12-17)28-15-27-19/h1-12H,13-15H2. The Morgan fingerprint density at radius 2 is 1.69 bits per heavy atom. The Morgan fingerprint density at radius 3 is 2.55 bits per heavy atom. The number of hydrogen-bond donors (Lipinski definition) is 0. The Kier molecular flexibility index (Phi) is 4.88. The number of pyridine rings is 1. The monoisotopic (exact) mass is 402 g/mol. The van der Waals surface area contributed by atoms with Crippen molar-refractivity contribution in [1.82, 2.24) is 19.7 Å². The molecule has 2 aromatic heterocycles. The van der Waals surface area contributed by atoms with E-state index in [1.54, 1.807) is 24.2 Å². The van der Waals surface area contributed by atoms with Gasteiger partial charge in [-0.2, -0.15) is 0 Å². The summed E-state index contributed by atoms with van der Waals surface area (Å²) in [5.74, 6) is 3.20. The Morgan fingerprint density at radius 1 is 0.862 bits per heavy atom. The number of aromatic nitrogens is 4. The third kappa shape index (κ3) is 3.82. The lowest BCUT2D eigenvalue weighted by molar-refractivity contribution is 0.174. The lowest BCUT2D eigenvalue weighted by Gasteiger charge is -2.10. The van der Waals surface area contributed by atoms with Gasteiger partial charge in [0.25, 0.3) is 0 Å². The lowest BCUT2D eigenvalue weighted by atomic mass is 10.2. The summed E-state index contributed by atoms with van der Waals surface area (Å²) in [6.07, 6.45) is 3.55. The van der Waals surface area contributed by atoms with Gasteiger partial charge in [0.05, 0.1) is 6.54 Å². The summed E-state index contributed by atoms with van der Waals surface area (Å²) in [5, 5.41) is 9.82. The summed E-state index contributed by atoms with van der Waals surface area (Å²) in [4.78, 5) is 4.11. The maximum absolute atomic E-state index is 5.49. The number of thioether (sulfide) groups is 1. The van der Waals surface area contributed by atoms with Gasteiger partial charge in [-0.05, 0) is 35.4 Å². The minimum atomic E-state index is 0.284. The molecule has 0 aliphatic carbocycles. The quantitative estimate of drug-likeness (QED) is 0.445. The molecule has 29 heavy (non-hydrogen) atoms. The van der Waals surface area contributed by atoms with Gasteiger partial charge in [0, 0.05) is 23.7 Å². The molecule has 0 amide bonds. The van der Waals surface area contributed by atoms with E-state index in [1.165, 1.54) is 5.56 Å². The van der Waals surface area contributed by atoms with Crippen LogP contribution in [0.2, 0.25) is 0 Å². The van der Waals surface area contributed by atoms with Crippen LogP contribution in [0.25, 0.3) is 11.4 Å². The molecule has 0 N–H and O–H groups in total. The maximum Gasteiger partial charge on any atom is 0.231 e. The van der Waals surface area contributed by atoms with Crippen molar-refractivity contribution in [2.24, 2.45) is 0 Å². The van der Waals surface area contributed by atoms with E-state index in [0.717, 1.165) is 39.4 Å². The van der Waals surface area contributed by atoms with E-state index in [4.69, 9.17) is 9.47 Å². The average molecular weight is 402 g/mol. The zero-order chi connectivity index (χ0) is 19.5. The summed E-state index contributed by atoms with van der Waals surface area (Å²) in [7, 11) is 0. The molecular weight excluding hydrogens is 384 g/mol. The fourth-order valence-electron chi connectivity index (χ4n) is 3.20. The Hall–Kier alpha value is -3.32. The Balaban J connectivity index is 1.43. The van der Waals surface area contributed by atoms with Crippen LogP contribution < -0.4 is 9.47 Å². The highest BCUT2D eigenvalue weighted by Crippen LogP contribution is 2.34. The smallest absolute Gasteiger partial charge is 0.231 e. The number of rotatable bonds is 6. The average Bonchev–Trinajstić information content (AvgIpc) is 3.40. The first kappa shape index (κ1) is 17.8. The van der Waals surface area contributed by atoms with E-state index in [0.29, 0.717) is 6.54 Å². The highest BCUT2D eigenvalue weighted by atomic mass is 32.2. The SMILES string of the molecule is c1ccc(Cn2c(SCc3ccc4c(c3)OCO4)nnc2-c2ccncc2)cc1. The fraction of sp³-hybridized carbons (Fsp3) is 0.136. The zero-order valence-corrected chi connectivity index (χ0v) is 16.4. The first-order chi connectivity index (χ1) is 14.4. The van der Waals surface area contributed by atoms with Gasteiger partial charge in [-0.3, -0.25) is 9.55 Å². The molecule has 144 valence electrons. The number of fused-ring (bicyclic) bond motifs is 1. The maximum atomic E-state index is 5.49. The molecule has 7 heteroatoms. The van der Waals surface area contributed by atoms with Crippen molar-refractivity contribution in [1.29, 1.82) is 0 Å². The second kappa shape index (κ2) is 7.97. The van der Waals surface area contributed by atoms with Crippen molar-refractivity contribution in [2.45, 2.75) is 17.5 Å². The lowest BCUT2D eigenvalue weighted by Crippen LogP contribution is -2.04. The fourth-order valence-corrected chi connectivity index (χ4v) is 4.08. The van der Waals surface area contributed by atoms with Crippen LogP contribution in [0.1, 0.15) is 11.1 Å². The number of benzene rings is 2. The van der Waals surface area contributed by atoms with E-state index in [9.17, 15) is 0 Å². The molecule has 0 saturated carbocycles. The minimum Gasteiger partial charge on any atom is -0.454 e. The van der Waals surface area contributed by atoms with Crippen molar-refractivity contribution >= 4 is 11.8 Å². The molecule has 4 aromatic rings. The molecule has 0 spiro atoms. The third-order valence-electron chi connectivity index (χ3n) is 4.64. The Labute approximate surface area is 172 Å². The van der Waals surface area contributed by atoms with E-state index in [1.807, 2.05) is 42.5 Å². The van der Waals surface area contributed by atoms with E-state index in [2.05, 4.69) is 37.9 Å². The molecule has 0 radical (unpaired) electrons. The van der Waals surface area contributed by atoms with E-state index < -0.39 is 0 Å².